The van der Waals surface area contributed by atoms with Gasteiger partial charge in [0.15, 0.2) is 11.5 Å². The van der Waals surface area contributed by atoms with E-state index in [0.717, 1.165) is 36.4 Å². The second kappa shape index (κ2) is 12.7. The van der Waals surface area contributed by atoms with Gasteiger partial charge in [-0.15, -0.1) is 0 Å². The second-order valence-corrected chi connectivity index (χ2v) is 12.0. The topological polar surface area (TPSA) is 105 Å². The van der Waals surface area contributed by atoms with Crippen LogP contribution in [-0.4, -0.2) is 62.7 Å². The Bertz CT molecular complexity index is 1280. The summed E-state index contributed by atoms with van der Waals surface area (Å²) in [4.78, 5) is 28.3. The first kappa shape index (κ1) is 28.7. The number of amides is 2. The maximum Gasteiger partial charge on any atom is 0.244 e. The summed E-state index contributed by atoms with van der Waals surface area (Å²) < 4.78 is 53.1. The van der Waals surface area contributed by atoms with Crippen molar-refractivity contribution in [2.45, 2.75) is 64.6 Å². The van der Waals surface area contributed by atoms with E-state index >= 15 is 0 Å². The molecule has 1 heterocycles. The number of hydrogen-bond acceptors (Lipinski definition) is 6. The maximum atomic E-state index is 14.6. The molecular weight excluding hydrogens is 525 g/mol. The summed E-state index contributed by atoms with van der Waals surface area (Å²) in [6.45, 7) is 3.02. The number of nitrogens with one attached hydrogen (secondary N) is 1. The number of hydrogen-bond donors (Lipinski definition) is 1. The average Bonchev–Trinajstić information content (AvgIpc) is 2.95. The smallest absolute Gasteiger partial charge is 0.244 e. The van der Waals surface area contributed by atoms with Crippen LogP contribution >= 0.6 is 0 Å². The van der Waals surface area contributed by atoms with Gasteiger partial charge in [0.1, 0.15) is 31.6 Å². The Labute approximate surface area is 229 Å². The number of sulfonamides is 1. The van der Waals surface area contributed by atoms with Crippen LogP contribution in [0.15, 0.2) is 42.5 Å². The van der Waals surface area contributed by atoms with Crippen LogP contribution in [0.3, 0.4) is 0 Å². The molecule has 1 aliphatic carbocycles. The van der Waals surface area contributed by atoms with Crippen LogP contribution in [0, 0.1) is 5.82 Å². The Kier molecular flexibility index (Phi) is 9.32. The van der Waals surface area contributed by atoms with Gasteiger partial charge in [-0.05, 0) is 44.9 Å². The van der Waals surface area contributed by atoms with Crippen LogP contribution in [-0.2, 0) is 26.2 Å². The highest BCUT2D eigenvalue weighted by atomic mass is 32.2. The first-order valence-electron chi connectivity index (χ1n) is 13.4. The van der Waals surface area contributed by atoms with Crippen LogP contribution in [0.5, 0.6) is 11.5 Å². The van der Waals surface area contributed by atoms with Gasteiger partial charge in [-0.1, -0.05) is 37.5 Å². The van der Waals surface area contributed by atoms with Crippen molar-refractivity contribution in [3.05, 3.63) is 53.8 Å². The van der Waals surface area contributed by atoms with Gasteiger partial charge in [0.05, 0.1) is 11.4 Å². The third-order valence-corrected chi connectivity index (χ3v) is 8.95. The van der Waals surface area contributed by atoms with Crippen molar-refractivity contribution >= 4 is 27.5 Å². The average molecular weight is 562 g/mol. The Balaban J connectivity index is 1.62. The van der Waals surface area contributed by atoms with E-state index in [4.69, 9.17) is 9.47 Å². The predicted octanol–water partition coefficient (Wildman–Crippen LogP) is 3.62. The normalized spacial score (nSPS) is 16.3. The zero-order chi connectivity index (χ0) is 28.0. The van der Waals surface area contributed by atoms with E-state index < -0.39 is 34.3 Å². The summed E-state index contributed by atoms with van der Waals surface area (Å²) in [5, 5.41) is 3.03. The van der Waals surface area contributed by atoms with Crippen LogP contribution in [0.4, 0.5) is 10.1 Å². The van der Waals surface area contributed by atoms with E-state index in [2.05, 4.69) is 5.32 Å². The molecule has 0 bridgehead atoms. The zero-order valence-corrected chi connectivity index (χ0v) is 23.2. The Morgan fingerprint density at radius 3 is 2.44 bits per heavy atom. The van der Waals surface area contributed by atoms with E-state index in [1.54, 1.807) is 37.3 Å². The summed E-state index contributed by atoms with van der Waals surface area (Å²) >= 11 is 0. The standard InChI is InChI=1S/C28H36FN3O6S/c1-3-39(35,36)32(23-13-14-25-26(17-23)38-16-15-37-25)19-27(33)31(18-21-9-7-8-12-24(21)29)20(2)28(34)30-22-10-5-4-6-11-22/h7-9,12-14,17,20,22H,3-6,10-11,15-16,18-19H2,1-2H3,(H,30,34)/t20-/m1/s1. The van der Waals surface area contributed by atoms with E-state index in [1.165, 1.54) is 24.0 Å². The molecule has 1 N–H and O–H groups in total. The molecule has 0 spiro atoms. The van der Waals surface area contributed by atoms with Crippen LogP contribution in [0.1, 0.15) is 51.5 Å². The Morgan fingerprint density at radius 2 is 1.74 bits per heavy atom. The molecule has 1 fully saturated rings. The number of rotatable bonds is 10. The minimum absolute atomic E-state index is 0.0220. The van der Waals surface area contributed by atoms with Crippen LogP contribution < -0.4 is 19.1 Å². The first-order valence-corrected chi connectivity index (χ1v) is 15.0. The van der Waals surface area contributed by atoms with Gasteiger partial charge in [-0.25, -0.2) is 12.8 Å². The quantitative estimate of drug-likeness (QED) is 0.475. The lowest BCUT2D eigenvalue weighted by atomic mass is 9.95. The molecule has 2 amide bonds. The molecule has 11 heteroatoms. The van der Waals surface area contributed by atoms with Gasteiger partial charge < -0.3 is 19.7 Å². The Hall–Kier alpha value is -3.34. The molecule has 2 aromatic rings. The fraction of sp³-hybridized carbons (Fsp3) is 0.500. The van der Waals surface area contributed by atoms with Gasteiger partial charge in [-0.3, -0.25) is 13.9 Å². The van der Waals surface area contributed by atoms with Gasteiger partial charge in [0.2, 0.25) is 21.8 Å². The molecule has 39 heavy (non-hydrogen) atoms. The molecule has 0 saturated heterocycles. The maximum absolute atomic E-state index is 14.6. The molecule has 0 unspecified atom stereocenters. The molecular formula is C28H36FN3O6S. The van der Waals surface area contributed by atoms with E-state index in [1.807, 2.05) is 0 Å². The number of carbonyl (C=O) groups excluding carboxylic acids is 2. The monoisotopic (exact) mass is 561 g/mol. The number of nitrogens with zero attached hydrogens (tertiary/aromatic N) is 2. The molecule has 2 aliphatic rings. The molecule has 2 aromatic carbocycles. The molecule has 1 saturated carbocycles. The number of halogens is 1. The van der Waals surface area contributed by atoms with Gasteiger partial charge in [0, 0.05) is 24.2 Å². The highest BCUT2D eigenvalue weighted by Gasteiger charge is 2.32. The van der Waals surface area contributed by atoms with Gasteiger partial charge >= 0.3 is 0 Å². The third kappa shape index (κ3) is 7.00. The zero-order valence-electron chi connectivity index (χ0n) is 22.4. The minimum Gasteiger partial charge on any atom is -0.486 e. The summed E-state index contributed by atoms with van der Waals surface area (Å²) in [6.07, 6.45) is 4.91. The Morgan fingerprint density at radius 1 is 1.05 bits per heavy atom. The number of fused-ring (bicyclic) bond motifs is 1. The molecule has 4 rings (SSSR count). The number of carbonyl (C=O) groups is 2. The first-order chi connectivity index (χ1) is 18.7. The van der Waals surface area contributed by atoms with Crippen molar-refractivity contribution in [1.82, 2.24) is 10.2 Å². The number of anilines is 1. The fourth-order valence-corrected chi connectivity index (χ4v) is 5.92. The van der Waals surface area contributed by atoms with Crippen molar-refractivity contribution in [3.63, 3.8) is 0 Å². The predicted molar refractivity (Wildman–Crippen MR) is 146 cm³/mol. The lowest BCUT2D eigenvalue weighted by Crippen LogP contribution is -2.53. The van der Waals surface area contributed by atoms with Gasteiger partial charge in [-0.2, -0.15) is 0 Å². The number of benzene rings is 2. The van der Waals surface area contributed by atoms with Crippen molar-refractivity contribution in [1.29, 1.82) is 0 Å². The summed E-state index contributed by atoms with van der Waals surface area (Å²) in [7, 11) is -3.90. The van der Waals surface area contributed by atoms with E-state index in [-0.39, 0.29) is 35.5 Å². The molecule has 9 nitrogen and oxygen atoms in total. The molecule has 1 atom stereocenters. The minimum atomic E-state index is -3.90. The highest BCUT2D eigenvalue weighted by molar-refractivity contribution is 7.92. The summed E-state index contributed by atoms with van der Waals surface area (Å²) in [5.74, 6) is -0.877. The molecule has 1 aliphatic heterocycles. The summed E-state index contributed by atoms with van der Waals surface area (Å²) in [6, 6.07) is 9.77. The lowest BCUT2D eigenvalue weighted by Gasteiger charge is -2.33. The SMILES string of the molecule is CCS(=O)(=O)N(CC(=O)N(Cc1ccccc1F)[C@H](C)C(=O)NC1CCCCC1)c1ccc2c(c1)OCCO2. The van der Waals surface area contributed by atoms with Crippen molar-refractivity contribution in [2.75, 3.05) is 29.8 Å². The lowest BCUT2D eigenvalue weighted by molar-refractivity contribution is -0.139. The molecule has 212 valence electrons. The van der Waals surface area contributed by atoms with Crippen molar-refractivity contribution in [3.8, 4) is 11.5 Å². The van der Waals surface area contributed by atoms with E-state index in [0.29, 0.717) is 24.7 Å². The fourth-order valence-electron chi connectivity index (χ4n) is 4.87. The molecule has 0 aromatic heterocycles. The third-order valence-electron chi connectivity index (χ3n) is 7.21. The largest absolute Gasteiger partial charge is 0.486 e. The van der Waals surface area contributed by atoms with Gasteiger partial charge in [0.25, 0.3) is 0 Å². The second-order valence-electron chi connectivity index (χ2n) is 9.87. The van der Waals surface area contributed by atoms with Crippen LogP contribution in [0.2, 0.25) is 0 Å². The van der Waals surface area contributed by atoms with Crippen molar-refractivity contribution < 1.29 is 31.9 Å². The summed E-state index contributed by atoms with van der Waals surface area (Å²) in [5.41, 5.74) is 0.465. The number of ether oxygens (including phenoxy) is 2. The van der Waals surface area contributed by atoms with E-state index in [9.17, 15) is 22.4 Å². The molecule has 0 radical (unpaired) electrons. The van der Waals surface area contributed by atoms with Crippen LogP contribution in [0.25, 0.3) is 0 Å². The highest BCUT2D eigenvalue weighted by Crippen LogP contribution is 2.35. The van der Waals surface area contributed by atoms with Crippen molar-refractivity contribution in [2.24, 2.45) is 0 Å².